The van der Waals surface area contributed by atoms with Crippen LogP contribution in [0.1, 0.15) is 46.9 Å². The predicted molar refractivity (Wildman–Crippen MR) is 123 cm³/mol. The number of amides is 2. The van der Waals surface area contributed by atoms with Crippen LogP contribution < -0.4 is 15.4 Å². The largest absolute Gasteiger partial charge is 0.487 e. The van der Waals surface area contributed by atoms with Crippen LogP contribution in [0.2, 0.25) is 0 Å². The fraction of sp³-hybridized carbons (Fsp3) is 0.292. The zero-order valence-electron chi connectivity index (χ0n) is 18.0. The van der Waals surface area contributed by atoms with Crippen LogP contribution in [0.25, 0.3) is 0 Å². The number of nitrogens with zero attached hydrogens (tertiary/aromatic N) is 1. The molecule has 0 fully saturated rings. The van der Waals surface area contributed by atoms with E-state index < -0.39 is 0 Å². The van der Waals surface area contributed by atoms with Crippen LogP contribution in [0.4, 0.5) is 5.69 Å². The number of ether oxygens (including phenoxy) is 1. The third kappa shape index (κ3) is 7.22. The zero-order chi connectivity index (χ0) is 22.2. The van der Waals surface area contributed by atoms with Crippen molar-refractivity contribution < 1.29 is 14.3 Å². The van der Waals surface area contributed by atoms with Gasteiger partial charge in [0.25, 0.3) is 5.91 Å². The molecule has 0 aliphatic heterocycles. The number of aromatic nitrogens is 1. The van der Waals surface area contributed by atoms with Crippen molar-refractivity contribution in [1.82, 2.24) is 10.3 Å². The predicted octanol–water partition coefficient (Wildman–Crippen LogP) is 4.95. The lowest BCUT2D eigenvalue weighted by molar-refractivity contribution is -0.116. The summed E-state index contributed by atoms with van der Waals surface area (Å²) in [7, 11) is 0. The molecule has 0 spiro atoms. The Kier molecular flexibility index (Phi) is 7.78. The summed E-state index contributed by atoms with van der Waals surface area (Å²) >= 11 is 1.59. The minimum atomic E-state index is -0.170. The molecule has 2 N–H and O–H groups in total. The van der Waals surface area contributed by atoms with E-state index in [2.05, 4.69) is 15.6 Å². The van der Waals surface area contributed by atoms with Crippen molar-refractivity contribution >= 4 is 28.8 Å². The molecule has 0 unspecified atom stereocenters. The Hall–Kier alpha value is -3.19. The second-order valence-corrected chi connectivity index (χ2v) is 8.76. The number of aryl methyl sites for hydroxylation is 1. The number of thiazole rings is 1. The lowest BCUT2D eigenvalue weighted by Gasteiger charge is -2.10. The molecular formula is C24H27N3O3S. The Labute approximate surface area is 186 Å². The van der Waals surface area contributed by atoms with Gasteiger partial charge in [0.2, 0.25) is 5.91 Å². The monoisotopic (exact) mass is 437 g/mol. The number of nitrogens with one attached hydrogen (secondary N) is 2. The van der Waals surface area contributed by atoms with E-state index in [4.69, 9.17) is 4.74 Å². The van der Waals surface area contributed by atoms with E-state index >= 15 is 0 Å². The van der Waals surface area contributed by atoms with Gasteiger partial charge in [0.05, 0.1) is 10.7 Å². The standard InChI is InChI=1S/C24H27N3O3S/c1-16(2)11-23(28)27-20-6-4-5-18(12-20)13-25-24(29)19-7-9-22(10-8-19)30-14-21-15-31-17(3)26-21/h4-10,12,15-16H,11,13-14H2,1-3H3,(H,25,29)(H,27,28). The van der Waals surface area contributed by atoms with Gasteiger partial charge in [-0.05, 0) is 54.8 Å². The molecule has 2 amide bonds. The summed E-state index contributed by atoms with van der Waals surface area (Å²) in [5.74, 6) is 0.808. The normalized spacial score (nSPS) is 10.7. The van der Waals surface area contributed by atoms with E-state index in [1.807, 2.05) is 50.4 Å². The van der Waals surface area contributed by atoms with Gasteiger partial charge in [-0.15, -0.1) is 11.3 Å². The van der Waals surface area contributed by atoms with Gasteiger partial charge in [-0.25, -0.2) is 4.98 Å². The summed E-state index contributed by atoms with van der Waals surface area (Å²) < 4.78 is 5.72. The Morgan fingerprint density at radius 1 is 1.13 bits per heavy atom. The smallest absolute Gasteiger partial charge is 0.251 e. The quantitative estimate of drug-likeness (QED) is 0.497. The molecule has 162 valence electrons. The molecule has 7 heteroatoms. The van der Waals surface area contributed by atoms with Crippen LogP contribution in [-0.2, 0) is 17.9 Å². The molecule has 3 aromatic rings. The molecule has 1 heterocycles. The Morgan fingerprint density at radius 3 is 2.58 bits per heavy atom. The highest BCUT2D eigenvalue weighted by Gasteiger charge is 2.08. The van der Waals surface area contributed by atoms with Gasteiger partial charge in [-0.1, -0.05) is 26.0 Å². The first-order valence-corrected chi connectivity index (χ1v) is 11.1. The fourth-order valence-corrected chi connectivity index (χ4v) is 3.56. The van der Waals surface area contributed by atoms with Crippen molar-refractivity contribution in [2.45, 2.75) is 40.3 Å². The Morgan fingerprint density at radius 2 is 1.90 bits per heavy atom. The first-order chi connectivity index (χ1) is 14.9. The van der Waals surface area contributed by atoms with E-state index in [0.29, 0.717) is 36.8 Å². The third-order valence-corrected chi connectivity index (χ3v) is 5.25. The molecule has 0 aliphatic rings. The molecule has 6 nitrogen and oxygen atoms in total. The highest BCUT2D eigenvalue weighted by Crippen LogP contribution is 2.16. The number of carbonyl (C=O) groups excluding carboxylic acids is 2. The molecule has 0 atom stereocenters. The van der Waals surface area contributed by atoms with Gasteiger partial charge in [0.1, 0.15) is 12.4 Å². The van der Waals surface area contributed by atoms with Gasteiger partial charge in [0.15, 0.2) is 0 Å². The number of anilines is 1. The number of hydrogen-bond donors (Lipinski definition) is 2. The van der Waals surface area contributed by atoms with Crippen LogP contribution in [0.5, 0.6) is 5.75 Å². The summed E-state index contributed by atoms with van der Waals surface area (Å²) in [5, 5.41) is 8.78. The molecule has 0 bridgehead atoms. The van der Waals surface area contributed by atoms with Crippen LogP contribution in [0, 0.1) is 12.8 Å². The molecule has 31 heavy (non-hydrogen) atoms. The summed E-state index contributed by atoms with van der Waals surface area (Å²) in [4.78, 5) is 28.8. The molecule has 2 aromatic carbocycles. The van der Waals surface area contributed by atoms with E-state index in [1.165, 1.54) is 0 Å². The lowest BCUT2D eigenvalue weighted by atomic mass is 10.1. The third-order valence-electron chi connectivity index (χ3n) is 4.43. The Balaban J connectivity index is 1.50. The molecule has 0 aliphatic carbocycles. The van der Waals surface area contributed by atoms with Crippen molar-refractivity contribution in [3.8, 4) is 5.75 Å². The Bertz CT molecular complexity index is 1030. The molecule has 0 saturated heterocycles. The average Bonchev–Trinajstić information content (AvgIpc) is 3.15. The maximum absolute atomic E-state index is 12.5. The molecule has 0 saturated carbocycles. The summed E-state index contributed by atoms with van der Waals surface area (Å²) in [6.07, 6.45) is 0.476. The molecule has 0 radical (unpaired) electrons. The molecule has 1 aromatic heterocycles. The van der Waals surface area contributed by atoms with Crippen molar-refractivity contribution in [3.05, 3.63) is 75.7 Å². The van der Waals surface area contributed by atoms with Crippen molar-refractivity contribution in [1.29, 1.82) is 0 Å². The van der Waals surface area contributed by atoms with Crippen molar-refractivity contribution in [3.63, 3.8) is 0 Å². The maximum Gasteiger partial charge on any atom is 0.251 e. The van der Waals surface area contributed by atoms with Gasteiger partial charge in [0, 0.05) is 29.6 Å². The fourth-order valence-electron chi connectivity index (χ4n) is 2.96. The highest BCUT2D eigenvalue weighted by atomic mass is 32.1. The van der Waals surface area contributed by atoms with E-state index in [9.17, 15) is 9.59 Å². The second-order valence-electron chi connectivity index (χ2n) is 7.70. The van der Waals surface area contributed by atoms with Gasteiger partial charge in [-0.2, -0.15) is 0 Å². The highest BCUT2D eigenvalue weighted by molar-refractivity contribution is 7.09. The van der Waals surface area contributed by atoms with Crippen LogP contribution >= 0.6 is 11.3 Å². The van der Waals surface area contributed by atoms with Crippen LogP contribution in [-0.4, -0.2) is 16.8 Å². The minimum Gasteiger partial charge on any atom is -0.487 e. The van der Waals surface area contributed by atoms with Gasteiger partial charge < -0.3 is 15.4 Å². The number of rotatable bonds is 9. The second kappa shape index (κ2) is 10.7. The first kappa shape index (κ1) is 22.5. The van der Waals surface area contributed by atoms with E-state index in [-0.39, 0.29) is 11.8 Å². The van der Waals surface area contributed by atoms with Crippen molar-refractivity contribution in [2.24, 2.45) is 5.92 Å². The number of hydrogen-bond acceptors (Lipinski definition) is 5. The van der Waals surface area contributed by atoms with Gasteiger partial charge in [-0.3, -0.25) is 9.59 Å². The van der Waals surface area contributed by atoms with Crippen LogP contribution in [0.15, 0.2) is 53.9 Å². The molecule has 3 rings (SSSR count). The van der Waals surface area contributed by atoms with Crippen LogP contribution in [0.3, 0.4) is 0 Å². The van der Waals surface area contributed by atoms with Crippen molar-refractivity contribution in [2.75, 3.05) is 5.32 Å². The van der Waals surface area contributed by atoms with E-state index in [0.717, 1.165) is 22.0 Å². The number of benzene rings is 2. The minimum absolute atomic E-state index is 0.0107. The molecular weight excluding hydrogens is 410 g/mol. The number of carbonyl (C=O) groups is 2. The topological polar surface area (TPSA) is 80.3 Å². The maximum atomic E-state index is 12.5. The van der Waals surface area contributed by atoms with Gasteiger partial charge >= 0.3 is 0 Å². The summed E-state index contributed by atoms with van der Waals surface area (Å²) in [5.41, 5.74) is 3.09. The first-order valence-electron chi connectivity index (χ1n) is 10.2. The average molecular weight is 438 g/mol. The summed E-state index contributed by atoms with van der Waals surface area (Å²) in [6, 6.07) is 14.5. The lowest BCUT2D eigenvalue weighted by Crippen LogP contribution is -2.22. The zero-order valence-corrected chi connectivity index (χ0v) is 18.8. The summed E-state index contributed by atoms with van der Waals surface area (Å²) in [6.45, 7) is 6.74. The van der Waals surface area contributed by atoms with E-state index in [1.54, 1.807) is 35.6 Å². The SMILES string of the molecule is Cc1nc(COc2ccc(C(=O)NCc3cccc(NC(=O)CC(C)C)c3)cc2)cs1.